The van der Waals surface area contributed by atoms with E-state index >= 15 is 0 Å². The SMILES string of the molecule is C[C@@H](O)[C@H]1C(=O)N2C(C(=O)[O-])=C(c3cn4cnc(SC(F)(F)F)c4s3)[C@](C)(Cc3ccc([N+](=O)[O-])cc3)[C@@H]12. The third kappa shape index (κ3) is 4.05. The quantitative estimate of drug-likeness (QED) is 0.199. The predicted molar refractivity (Wildman–Crippen MR) is 128 cm³/mol. The average Bonchev–Trinajstić information content (AvgIpc) is 3.42. The van der Waals surface area contributed by atoms with Crippen LogP contribution in [0.15, 0.2) is 47.5 Å². The Balaban J connectivity index is 1.67. The largest absolute Gasteiger partial charge is 0.543 e. The summed E-state index contributed by atoms with van der Waals surface area (Å²) >= 11 is 0.498. The van der Waals surface area contributed by atoms with Crippen LogP contribution in [-0.4, -0.2) is 53.8 Å². The number of nitro groups is 1. The summed E-state index contributed by atoms with van der Waals surface area (Å²) in [7, 11) is 0. The molecule has 2 aliphatic rings. The number of alkyl halides is 3. The number of thiazole rings is 1. The molecule has 1 aromatic carbocycles. The van der Waals surface area contributed by atoms with Crippen LogP contribution in [0.5, 0.6) is 0 Å². The second-order valence-corrected chi connectivity index (χ2v) is 11.4. The van der Waals surface area contributed by atoms with Crippen molar-refractivity contribution in [2.75, 3.05) is 0 Å². The first-order chi connectivity index (χ1) is 17.7. The average molecular weight is 568 g/mol. The zero-order valence-electron chi connectivity index (χ0n) is 19.6. The second-order valence-electron chi connectivity index (χ2n) is 9.35. The summed E-state index contributed by atoms with van der Waals surface area (Å²) < 4.78 is 40.5. The first kappa shape index (κ1) is 26.2. The molecule has 1 amide bonds. The molecule has 1 N–H and O–H groups in total. The molecule has 2 aliphatic heterocycles. The molecule has 4 heterocycles. The highest BCUT2D eigenvalue weighted by Crippen LogP contribution is 2.59. The van der Waals surface area contributed by atoms with E-state index in [1.54, 1.807) is 6.92 Å². The van der Waals surface area contributed by atoms with Gasteiger partial charge in [-0.05, 0) is 18.9 Å². The van der Waals surface area contributed by atoms with Crippen LogP contribution in [0.2, 0.25) is 0 Å². The molecule has 2 aromatic heterocycles. The molecule has 0 radical (unpaired) electrons. The van der Waals surface area contributed by atoms with Crippen LogP contribution in [0, 0.1) is 21.4 Å². The number of carbonyl (C=O) groups is 2. The number of aliphatic carboxylic acids is 1. The number of amides is 1. The van der Waals surface area contributed by atoms with Crippen LogP contribution in [0.4, 0.5) is 18.9 Å². The van der Waals surface area contributed by atoms with Gasteiger partial charge in [-0.25, -0.2) is 4.98 Å². The Morgan fingerprint density at radius 2 is 2.00 bits per heavy atom. The number of β-lactam (4-membered cyclic amide) rings is 1. The van der Waals surface area contributed by atoms with E-state index < -0.39 is 63.2 Å². The zero-order valence-corrected chi connectivity index (χ0v) is 21.3. The Bertz CT molecular complexity index is 1510. The molecular weight excluding hydrogens is 549 g/mol. The maximum atomic E-state index is 13.1. The number of carboxylic acids is 1. The van der Waals surface area contributed by atoms with E-state index in [-0.39, 0.29) is 27.5 Å². The molecule has 3 aromatic rings. The van der Waals surface area contributed by atoms with Crippen LogP contribution >= 0.6 is 23.1 Å². The lowest BCUT2D eigenvalue weighted by Crippen LogP contribution is -2.66. The molecule has 38 heavy (non-hydrogen) atoms. The van der Waals surface area contributed by atoms with Gasteiger partial charge in [0.2, 0.25) is 5.91 Å². The lowest BCUT2D eigenvalue weighted by molar-refractivity contribution is -0.384. The number of thioether (sulfide) groups is 1. The maximum Gasteiger partial charge on any atom is 0.447 e. The first-order valence-corrected chi connectivity index (χ1v) is 12.8. The van der Waals surface area contributed by atoms with Crippen LogP contribution in [0.3, 0.4) is 0 Å². The van der Waals surface area contributed by atoms with Crippen molar-refractivity contribution >= 4 is 51.1 Å². The van der Waals surface area contributed by atoms with Crippen molar-refractivity contribution in [3.63, 3.8) is 0 Å². The van der Waals surface area contributed by atoms with E-state index in [9.17, 15) is 43.1 Å². The molecular formula is C23H18F3N4O6S2-. The van der Waals surface area contributed by atoms with Crippen molar-refractivity contribution in [2.24, 2.45) is 11.3 Å². The monoisotopic (exact) mass is 567 g/mol. The fraction of sp³-hybridized carbons (Fsp3) is 0.348. The molecule has 0 spiro atoms. The third-order valence-corrected chi connectivity index (χ3v) is 8.89. The van der Waals surface area contributed by atoms with Gasteiger partial charge >= 0.3 is 5.51 Å². The van der Waals surface area contributed by atoms with E-state index in [2.05, 4.69) is 4.98 Å². The number of non-ortho nitro benzene ring substituents is 1. The van der Waals surface area contributed by atoms with Crippen molar-refractivity contribution < 1.29 is 37.9 Å². The van der Waals surface area contributed by atoms with Gasteiger partial charge in [0.05, 0.1) is 39.5 Å². The highest BCUT2D eigenvalue weighted by atomic mass is 32.2. The molecule has 0 bridgehead atoms. The zero-order chi connectivity index (χ0) is 27.7. The van der Waals surface area contributed by atoms with Gasteiger partial charge in [-0.15, -0.1) is 11.3 Å². The summed E-state index contributed by atoms with van der Waals surface area (Å²) in [5, 5.41) is 33.5. The highest BCUT2D eigenvalue weighted by Gasteiger charge is 2.65. The molecule has 0 aliphatic carbocycles. The van der Waals surface area contributed by atoms with Gasteiger partial charge in [0, 0.05) is 41.1 Å². The van der Waals surface area contributed by atoms with Crippen LogP contribution in [0.25, 0.3) is 10.4 Å². The number of hydrogen-bond acceptors (Lipinski definition) is 9. The van der Waals surface area contributed by atoms with E-state index in [1.165, 1.54) is 48.1 Å². The molecule has 1 fully saturated rings. The van der Waals surface area contributed by atoms with Gasteiger partial charge in [0.15, 0.2) is 0 Å². The molecule has 5 rings (SSSR count). The standard InChI is InChI=1S/C23H19F3N4O6S2/c1-10(31)14-17-22(2,7-11-3-5-12(6-4-11)30(35)36)15(16(21(33)34)29(17)19(14)32)13-8-28-9-27-18(20(28)37-13)38-23(24,25)26/h3-6,8-10,14,17,31H,7H2,1-2H3,(H,33,34)/p-1/t10-,14-,17-,22+/m1/s1. The summed E-state index contributed by atoms with van der Waals surface area (Å²) in [4.78, 5) is 41.2. The number of hydrogen-bond donors (Lipinski definition) is 1. The van der Waals surface area contributed by atoms with E-state index in [0.29, 0.717) is 10.4 Å². The number of nitro benzene ring substituents is 1. The molecule has 15 heteroatoms. The number of aromatic nitrogens is 2. The number of rotatable bonds is 7. The van der Waals surface area contributed by atoms with Crippen molar-refractivity contribution in [1.82, 2.24) is 14.3 Å². The Kier molecular flexibility index (Phi) is 6.07. The number of carboxylic acid groups (broad SMARTS) is 1. The molecule has 200 valence electrons. The van der Waals surface area contributed by atoms with Crippen LogP contribution in [0.1, 0.15) is 24.3 Å². The van der Waals surface area contributed by atoms with Gasteiger partial charge in [-0.2, -0.15) is 13.2 Å². The summed E-state index contributed by atoms with van der Waals surface area (Å²) in [5.41, 5.74) is -5.52. The van der Waals surface area contributed by atoms with Crippen molar-refractivity contribution in [3.8, 4) is 0 Å². The number of imidazole rings is 1. The molecule has 4 atom stereocenters. The van der Waals surface area contributed by atoms with E-state index in [0.717, 1.165) is 16.2 Å². The Morgan fingerprint density at radius 3 is 2.55 bits per heavy atom. The lowest BCUT2D eigenvalue weighted by Gasteiger charge is -2.51. The minimum absolute atomic E-state index is 0.115. The van der Waals surface area contributed by atoms with Gasteiger partial charge in [0.1, 0.15) is 16.2 Å². The van der Waals surface area contributed by atoms with Crippen LogP contribution < -0.4 is 5.11 Å². The first-order valence-electron chi connectivity index (χ1n) is 11.2. The van der Waals surface area contributed by atoms with Gasteiger partial charge in [-0.3, -0.25) is 19.3 Å². The van der Waals surface area contributed by atoms with Crippen molar-refractivity contribution in [3.05, 3.63) is 63.0 Å². The number of aliphatic hydroxyl groups excluding tert-OH is 1. The van der Waals surface area contributed by atoms with Crippen LogP contribution in [-0.2, 0) is 16.0 Å². The smallest absolute Gasteiger partial charge is 0.447 e. The number of nitrogens with zero attached hydrogens (tertiary/aromatic N) is 4. The fourth-order valence-electron chi connectivity index (χ4n) is 5.47. The Labute approximate surface area is 220 Å². The van der Waals surface area contributed by atoms with Gasteiger partial charge in [-0.1, -0.05) is 19.1 Å². The Morgan fingerprint density at radius 1 is 1.34 bits per heavy atom. The normalized spacial score (nSPS) is 24.1. The van der Waals surface area contributed by atoms with E-state index in [1.807, 2.05) is 0 Å². The summed E-state index contributed by atoms with van der Waals surface area (Å²) in [6, 6.07) is 4.84. The summed E-state index contributed by atoms with van der Waals surface area (Å²) in [5.74, 6) is -3.18. The number of benzene rings is 1. The van der Waals surface area contributed by atoms with Crippen molar-refractivity contribution in [1.29, 1.82) is 0 Å². The van der Waals surface area contributed by atoms with E-state index in [4.69, 9.17) is 0 Å². The number of halogens is 3. The number of aliphatic hydroxyl groups is 1. The second kappa shape index (κ2) is 8.81. The highest BCUT2D eigenvalue weighted by molar-refractivity contribution is 8.00. The number of carbonyl (C=O) groups excluding carboxylic acids is 2. The minimum atomic E-state index is -4.59. The number of fused-ring (bicyclic) bond motifs is 2. The minimum Gasteiger partial charge on any atom is -0.543 e. The van der Waals surface area contributed by atoms with Crippen molar-refractivity contribution in [2.45, 2.75) is 42.9 Å². The lowest BCUT2D eigenvalue weighted by atomic mass is 9.64. The predicted octanol–water partition coefficient (Wildman–Crippen LogP) is 2.85. The molecule has 10 nitrogen and oxygen atoms in total. The summed E-state index contributed by atoms with van der Waals surface area (Å²) in [6.07, 6.45) is 1.64. The molecule has 1 saturated heterocycles. The Hall–Kier alpha value is -3.43. The maximum absolute atomic E-state index is 13.1. The van der Waals surface area contributed by atoms with Gasteiger partial charge in [0.25, 0.3) is 5.69 Å². The topological polar surface area (TPSA) is 141 Å². The van der Waals surface area contributed by atoms with Gasteiger partial charge < -0.3 is 19.9 Å². The molecule has 0 saturated carbocycles. The fourth-order valence-corrected chi connectivity index (χ4v) is 7.39. The third-order valence-electron chi connectivity index (χ3n) is 6.91. The molecule has 0 unspecified atom stereocenters. The summed E-state index contributed by atoms with van der Waals surface area (Å²) in [6.45, 7) is 3.13.